The van der Waals surface area contributed by atoms with Gasteiger partial charge in [-0.05, 0) is 63.0 Å². The molecule has 0 aliphatic carbocycles. The summed E-state index contributed by atoms with van der Waals surface area (Å²) in [4.78, 5) is 0. The molecule has 0 heterocycles. The van der Waals surface area contributed by atoms with Crippen molar-refractivity contribution in [3.8, 4) is 0 Å². The van der Waals surface area contributed by atoms with E-state index in [9.17, 15) is 0 Å². The summed E-state index contributed by atoms with van der Waals surface area (Å²) in [6.45, 7) is 6.46. The van der Waals surface area contributed by atoms with Crippen LogP contribution < -0.4 is 0 Å². The Kier molecular flexibility index (Phi) is 10.3. The fourth-order valence-corrected chi connectivity index (χ4v) is 4.10. The van der Waals surface area contributed by atoms with Crippen molar-refractivity contribution in [1.29, 1.82) is 0 Å². The minimum absolute atomic E-state index is 0.0490. The van der Waals surface area contributed by atoms with Gasteiger partial charge in [-0.3, -0.25) is 0 Å². The zero-order valence-electron chi connectivity index (χ0n) is 10.7. The molecule has 1 aromatic carbocycles. The van der Waals surface area contributed by atoms with Crippen LogP contribution in [0.4, 0.5) is 0 Å². The fourth-order valence-electron chi connectivity index (χ4n) is 1.50. The van der Waals surface area contributed by atoms with Gasteiger partial charge in [0.05, 0.1) is 18.8 Å². The number of halogens is 2. The lowest BCUT2D eigenvalue weighted by molar-refractivity contribution is -0.0186. The third kappa shape index (κ3) is 8.21. The highest BCUT2D eigenvalue weighted by molar-refractivity contribution is 14.3. The topological polar surface area (TPSA) is 18.5 Å². The Bertz CT molecular complexity index is 365. The van der Waals surface area contributed by atoms with E-state index in [4.69, 9.17) is 8.92 Å². The van der Waals surface area contributed by atoms with E-state index in [1.54, 1.807) is 0 Å². The standard InChI is InChI=1S/C13H17I2O2PS/c1-3-7-13(11(2)17-19-18(14)15)16-10-12-8-5-4-6-9-12/h3-6,8-9,11,13H,1,7,10H2,2H3/t11-,13+/m0/s1. The number of rotatable bonds is 9. The van der Waals surface area contributed by atoms with Crippen molar-refractivity contribution in [2.24, 2.45) is 0 Å². The van der Waals surface area contributed by atoms with Crippen LogP contribution in [0.25, 0.3) is 0 Å². The molecule has 0 fully saturated rings. The zero-order chi connectivity index (χ0) is 14.1. The van der Waals surface area contributed by atoms with Gasteiger partial charge >= 0.3 is 0 Å². The van der Waals surface area contributed by atoms with E-state index in [0.717, 1.165) is 6.42 Å². The molecule has 0 radical (unpaired) electrons. The van der Waals surface area contributed by atoms with Crippen molar-refractivity contribution < 1.29 is 8.92 Å². The first-order chi connectivity index (χ1) is 9.13. The molecule has 0 saturated heterocycles. The molecule has 0 aliphatic heterocycles. The van der Waals surface area contributed by atoms with E-state index in [-0.39, 0.29) is 14.6 Å². The third-order valence-corrected chi connectivity index (χ3v) is 6.47. The van der Waals surface area contributed by atoms with Crippen LogP contribution in [0, 0.1) is 0 Å². The van der Waals surface area contributed by atoms with Gasteiger partial charge in [0.15, 0.2) is 0 Å². The Morgan fingerprint density at radius 1 is 1.37 bits per heavy atom. The smallest absolute Gasteiger partial charge is 0.113 e. The summed E-state index contributed by atoms with van der Waals surface area (Å²) >= 11 is 6.30. The van der Waals surface area contributed by atoms with Crippen molar-refractivity contribution in [2.75, 3.05) is 0 Å². The summed E-state index contributed by atoms with van der Waals surface area (Å²) in [6.07, 6.45) is 2.79. The fraction of sp³-hybridized carbons (Fsp3) is 0.385. The Labute approximate surface area is 146 Å². The van der Waals surface area contributed by atoms with E-state index >= 15 is 0 Å². The van der Waals surface area contributed by atoms with E-state index in [1.807, 2.05) is 24.3 Å². The van der Waals surface area contributed by atoms with Crippen LogP contribution in [-0.4, -0.2) is 12.2 Å². The molecular formula is C13H17I2O2PS. The Hall–Kier alpha value is 1.12. The number of benzene rings is 1. The first-order valence-electron chi connectivity index (χ1n) is 5.85. The lowest BCUT2D eigenvalue weighted by Gasteiger charge is -2.23. The van der Waals surface area contributed by atoms with Crippen molar-refractivity contribution in [3.05, 3.63) is 48.6 Å². The Morgan fingerprint density at radius 2 is 2.05 bits per heavy atom. The number of hydrogen-bond donors (Lipinski definition) is 0. The molecule has 106 valence electrons. The number of hydrogen-bond acceptors (Lipinski definition) is 3. The lowest BCUT2D eigenvalue weighted by Crippen LogP contribution is -2.26. The normalized spacial score (nSPS) is 14.3. The van der Waals surface area contributed by atoms with Crippen LogP contribution in [0.15, 0.2) is 43.0 Å². The van der Waals surface area contributed by atoms with Crippen molar-refractivity contribution in [2.45, 2.75) is 32.2 Å². The van der Waals surface area contributed by atoms with Gasteiger partial charge in [-0.2, -0.15) is 0 Å². The Balaban J connectivity index is 2.45. The first kappa shape index (κ1) is 18.2. The molecule has 19 heavy (non-hydrogen) atoms. The van der Waals surface area contributed by atoms with E-state index in [0.29, 0.717) is 6.61 Å². The molecule has 2 atom stereocenters. The first-order valence-corrected chi connectivity index (χ1v) is 14.1. The van der Waals surface area contributed by atoms with Gasteiger partial charge < -0.3 is 8.92 Å². The van der Waals surface area contributed by atoms with Gasteiger partial charge in [0, 0.05) is 11.7 Å². The molecule has 0 bridgehead atoms. The van der Waals surface area contributed by atoms with Gasteiger partial charge in [-0.25, -0.2) is 0 Å². The minimum atomic E-state index is -0.167. The van der Waals surface area contributed by atoms with E-state index < -0.39 is 0 Å². The summed E-state index contributed by atoms with van der Waals surface area (Å²) in [5, 5.41) is 0. The molecule has 0 amide bonds. The summed E-state index contributed by atoms with van der Waals surface area (Å²) < 4.78 is 11.6. The maximum absolute atomic E-state index is 5.96. The quantitative estimate of drug-likeness (QED) is 0.164. The number of ether oxygens (including phenoxy) is 1. The molecule has 0 N–H and O–H groups in total. The molecule has 1 rings (SSSR count). The monoisotopic (exact) mass is 522 g/mol. The maximum Gasteiger partial charge on any atom is 0.113 e. The summed E-state index contributed by atoms with van der Waals surface area (Å²) in [7, 11) is 0. The molecule has 0 aromatic heterocycles. The molecule has 0 saturated carbocycles. The molecule has 2 nitrogen and oxygen atoms in total. The van der Waals surface area contributed by atoms with E-state index in [2.05, 4.69) is 69.7 Å². The van der Waals surface area contributed by atoms with Gasteiger partial charge in [-0.1, -0.05) is 36.4 Å². The predicted molar refractivity (Wildman–Crippen MR) is 103 cm³/mol. The van der Waals surface area contributed by atoms with Crippen LogP contribution >= 0.6 is 58.2 Å². The molecule has 0 spiro atoms. The summed E-state index contributed by atoms with van der Waals surface area (Å²) in [6, 6.07) is 10.2. The van der Waals surface area contributed by atoms with Crippen LogP contribution in [0.3, 0.4) is 0 Å². The Morgan fingerprint density at radius 3 is 2.63 bits per heavy atom. The van der Waals surface area contributed by atoms with Gasteiger partial charge in [-0.15, -0.1) is 6.58 Å². The highest BCUT2D eigenvalue weighted by Gasteiger charge is 2.19. The van der Waals surface area contributed by atoms with Gasteiger partial charge in [0.2, 0.25) is 0 Å². The van der Waals surface area contributed by atoms with Crippen LogP contribution in [-0.2, 0) is 15.5 Å². The molecule has 6 heteroatoms. The second kappa shape index (κ2) is 10.8. The third-order valence-electron chi connectivity index (χ3n) is 2.48. The summed E-state index contributed by atoms with van der Waals surface area (Å²) in [5.41, 5.74) is 1.18. The highest BCUT2D eigenvalue weighted by atomic mass is 127. The molecule has 0 unspecified atom stereocenters. The largest absolute Gasteiger partial charge is 0.370 e. The van der Waals surface area contributed by atoms with Gasteiger partial charge in [0.25, 0.3) is 0 Å². The van der Waals surface area contributed by atoms with Crippen LogP contribution in [0.5, 0.6) is 0 Å². The van der Waals surface area contributed by atoms with Crippen molar-refractivity contribution in [3.63, 3.8) is 0 Å². The zero-order valence-corrected chi connectivity index (χ0v) is 16.7. The average Bonchev–Trinajstić information content (AvgIpc) is 2.42. The second-order valence-corrected chi connectivity index (χ2v) is 21.5. The van der Waals surface area contributed by atoms with Crippen molar-refractivity contribution in [1.82, 2.24) is 0 Å². The van der Waals surface area contributed by atoms with Crippen molar-refractivity contribution >= 4 is 58.2 Å². The molecular weight excluding hydrogens is 505 g/mol. The minimum Gasteiger partial charge on any atom is -0.370 e. The molecule has 0 aliphatic rings. The lowest BCUT2D eigenvalue weighted by atomic mass is 10.1. The second-order valence-electron chi connectivity index (χ2n) is 3.94. The maximum atomic E-state index is 5.96. The molecule has 1 aromatic rings. The summed E-state index contributed by atoms with van der Waals surface area (Å²) in [5.74, 6) is 0. The van der Waals surface area contributed by atoms with Gasteiger partial charge in [0.1, 0.15) is 2.41 Å². The highest BCUT2D eigenvalue weighted by Crippen LogP contribution is 2.65. The SMILES string of the molecule is C=CC[C@@H](OCc1ccccc1)[C@H](C)OSP(I)I. The predicted octanol–water partition coefficient (Wildman–Crippen LogP) is 6.30. The van der Waals surface area contributed by atoms with Crippen LogP contribution in [0.1, 0.15) is 18.9 Å². The average molecular weight is 522 g/mol. The van der Waals surface area contributed by atoms with Crippen LogP contribution in [0.2, 0.25) is 0 Å². The van der Waals surface area contributed by atoms with E-state index in [1.165, 1.54) is 17.2 Å².